The molecule has 0 spiro atoms. The third-order valence-corrected chi connectivity index (χ3v) is 2.34. The van der Waals surface area contributed by atoms with Crippen LogP contribution >= 0.6 is 0 Å². The molecule has 2 rings (SSSR count). The Labute approximate surface area is 92.6 Å². The molecule has 0 atom stereocenters. The van der Waals surface area contributed by atoms with Crippen LogP contribution in [0.5, 0.6) is 0 Å². The molecule has 80 valence electrons. The van der Waals surface area contributed by atoms with Crippen molar-refractivity contribution in [2.75, 3.05) is 0 Å². The number of aromatic nitrogens is 1. The Balaban J connectivity index is 2.21. The van der Waals surface area contributed by atoms with E-state index < -0.39 is 0 Å². The zero-order chi connectivity index (χ0) is 11.4. The molecule has 0 saturated heterocycles. The van der Waals surface area contributed by atoms with Crippen LogP contribution < -0.4 is 0 Å². The summed E-state index contributed by atoms with van der Waals surface area (Å²) in [6.07, 6.45) is 2.08. The zero-order valence-corrected chi connectivity index (χ0v) is 8.80. The van der Waals surface area contributed by atoms with Crippen molar-refractivity contribution >= 4 is 12.0 Å². The van der Waals surface area contributed by atoms with E-state index in [0.717, 1.165) is 5.69 Å². The maximum absolute atomic E-state index is 10.0. The Kier molecular flexibility index (Phi) is 2.94. The summed E-state index contributed by atoms with van der Waals surface area (Å²) >= 11 is 0. The van der Waals surface area contributed by atoms with Crippen LogP contribution in [0, 0.1) is 6.92 Å². The van der Waals surface area contributed by atoms with Crippen LogP contribution in [-0.2, 0) is 11.2 Å². The monoisotopic (exact) mass is 214 g/mol. The van der Waals surface area contributed by atoms with Gasteiger partial charge in [-0.3, -0.25) is 0 Å². The predicted octanol–water partition coefficient (Wildman–Crippen LogP) is 2.54. The third kappa shape index (κ3) is 2.24. The first-order valence-corrected chi connectivity index (χ1v) is 4.87. The van der Waals surface area contributed by atoms with Gasteiger partial charge in [0, 0.05) is 12.5 Å². The van der Waals surface area contributed by atoms with E-state index in [-0.39, 0.29) is 5.88 Å². The average molecular weight is 214 g/mol. The molecule has 1 aromatic heterocycles. The minimum Gasteiger partial charge on any atom is -0.335 e. The van der Waals surface area contributed by atoms with Gasteiger partial charge in [-0.2, -0.15) is 0 Å². The molecule has 0 aliphatic heterocycles. The number of hydrogen-bond donors (Lipinski definition) is 0. The van der Waals surface area contributed by atoms with E-state index in [1.807, 2.05) is 31.2 Å². The highest BCUT2D eigenvalue weighted by Crippen LogP contribution is 2.17. The lowest BCUT2D eigenvalue weighted by Crippen LogP contribution is -1.90. The Morgan fingerprint density at radius 1 is 1.44 bits per heavy atom. The fraction of sp³-hybridized carbons (Fsp3) is 0.167. The van der Waals surface area contributed by atoms with Gasteiger partial charge in [0.25, 0.3) is 5.88 Å². The number of hydrogen-bond acceptors (Lipinski definition) is 4. The van der Waals surface area contributed by atoms with E-state index in [0.29, 0.717) is 6.42 Å². The van der Waals surface area contributed by atoms with Gasteiger partial charge in [0.1, 0.15) is 0 Å². The average Bonchev–Trinajstić information content (AvgIpc) is 2.70. The molecular weight excluding hydrogens is 204 g/mol. The summed E-state index contributed by atoms with van der Waals surface area (Å²) in [4.78, 5) is 13.4. The molecule has 1 aromatic carbocycles. The third-order valence-electron chi connectivity index (χ3n) is 2.34. The molecule has 0 saturated carbocycles. The summed E-state index contributed by atoms with van der Waals surface area (Å²) in [6, 6.07) is 9.68. The number of carbonyl (C=O) groups excluding carboxylic acids is 1. The minimum atomic E-state index is 0.193. The highest BCUT2D eigenvalue weighted by molar-refractivity contribution is 5.43. The van der Waals surface area contributed by atoms with Gasteiger partial charge >= 0.3 is 0 Å². The molecule has 0 radical (unpaired) electrons. The Hall–Kier alpha value is -2.19. The fourth-order valence-electron chi connectivity index (χ4n) is 1.49. The van der Waals surface area contributed by atoms with E-state index in [1.165, 1.54) is 17.2 Å². The molecule has 2 aromatic rings. The lowest BCUT2D eigenvalue weighted by atomic mass is 10.0. The van der Waals surface area contributed by atoms with E-state index >= 15 is 0 Å². The van der Waals surface area contributed by atoms with Crippen molar-refractivity contribution < 1.29 is 9.32 Å². The lowest BCUT2D eigenvalue weighted by molar-refractivity contribution is 0.422. The van der Waals surface area contributed by atoms with E-state index in [9.17, 15) is 4.79 Å². The van der Waals surface area contributed by atoms with Gasteiger partial charge in [-0.05, 0) is 18.1 Å². The van der Waals surface area contributed by atoms with Gasteiger partial charge in [-0.1, -0.05) is 29.4 Å². The molecule has 0 unspecified atom stereocenters. The molecule has 0 fully saturated rings. The summed E-state index contributed by atoms with van der Waals surface area (Å²) in [5.41, 5.74) is 3.13. The SMILES string of the molecule is Cc1ccccc1Cc1cc(N=C=O)on1. The van der Waals surface area contributed by atoms with Crippen LogP contribution in [0.3, 0.4) is 0 Å². The van der Waals surface area contributed by atoms with Gasteiger partial charge < -0.3 is 4.52 Å². The van der Waals surface area contributed by atoms with Crippen LogP contribution in [0.2, 0.25) is 0 Å². The summed E-state index contributed by atoms with van der Waals surface area (Å²) in [7, 11) is 0. The minimum absolute atomic E-state index is 0.193. The maximum Gasteiger partial charge on any atom is 0.261 e. The predicted molar refractivity (Wildman–Crippen MR) is 58.3 cm³/mol. The van der Waals surface area contributed by atoms with E-state index in [1.54, 1.807) is 6.07 Å². The maximum atomic E-state index is 10.0. The second-order valence-electron chi connectivity index (χ2n) is 3.46. The number of isocyanates is 1. The Bertz CT molecular complexity index is 539. The molecule has 0 aliphatic rings. The molecule has 4 nitrogen and oxygen atoms in total. The van der Waals surface area contributed by atoms with Crippen molar-refractivity contribution in [2.45, 2.75) is 13.3 Å². The molecule has 16 heavy (non-hydrogen) atoms. The highest BCUT2D eigenvalue weighted by Gasteiger charge is 2.05. The molecule has 0 N–H and O–H groups in total. The van der Waals surface area contributed by atoms with Crippen molar-refractivity contribution in [1.82, 2.24) is 5.16 Å². The normalized spacial score (nSPS) is 9.81. The molecule has 0 amide bonds. The van der Waals surface area contributed by atoms with Gasteiger partial charge in [-0.15, -0.1) is 4.99 Å². The van der Waals surface area contributed by atoms with Gasteiger partial charge in [0.2, 0.25) is 6.08 Å². The number of benzene rings is 1. The number of rotatable bonds is 3. The van der Waals surface area contributed by atoms with Gasteiger partial charge in [-0.25, -0.2) is 4.79 Å². The van der Waals surface area contributed by atoms with Gasteiger partial charge in [0.05, 0.1) is 5.69 Å². The largest absolute Gasteiger partial charge is 0.335 e. The zero-order valence-electron chi connectivity index (χ0n) is 8.80. The molecule has 1 heterocycles. The molecule has 0 bridgehead atoms. The second kappa shape index (κ2) is 4.55. The first-order valence-electron chi connectivity index (χ1n) is 4.87. The quantitative estimate of drug-likeness (QED) is 0.582. The van der Waals surface area contributed by atoms with Crippen LogP contribution in [0.4, 0.5) is 5.88 Å². The van der Waals surface area contributed by atoms with Crippen molar-refractivity contribution in [3.8, 4) is 0 Å². The smallest absolute Gasteiger partial charge is 0.261 e. The summed E-state index contributed by atoms with van der Waals surface area (Å²) in [6.45, 7) is 2.04. The first-order chi connectivity index (χ1) is 7.79. The van der Waals surface area contributed by atoms with Crippen LogP contribution in [0.15, 0.2) is 39.8 Å². The topological polar surface area (TPSA) is 55.5 Å². The van der Waals surface area contributed by atoms with Crippen LogP contribution in [-0.4, -0.2) is 11.2 Å². The summed E-state index contributed by atoms with van der Waals surface area (Å²) in [5.74, 6) is 0.193. The van der Waals surface area contributed by atoms with Crippen molar-refractivity contribution in [3.63, 3.8) is 0 Å². The Morgan fingerprint density at radius 3 is 3.00 bits per heavy atom. The number of aliphatic imine (C=N–C) groups is 1. The van der Waals surface area contributed by atoms with Gasteiger partial charge in [0.15, 0.2) is 0 Å². The number of aryl methyl sites for hydroxylation is 1. The van der Waals surface area contributed by atoms with E-state index in [2.05, 4.69) is 10.1 Å². The van der Waals surface area contributed by atoms with Crippen molar-refractivity contribution in [3.05, 3.63) is 47.2 Å². The molecule has 0 aliphatic carbocycles. The first kappa shape index (κ1) is 10.3. The standard InChI is InChI=1S/C12H10N2O2/c1-9-4-2-3-5-10(9)6-11-7-12(13-8-15)16-14-11/h2-5,7H,6H2,1H3. The number of nitrogens with zero attached hydrogens (tertiary/aromatic N) is 2. The van der Waals surface area contributed by atoms with Crippen LogP contribution in [0.25, 0.3) is 0 Å². The van der Waals surface area contributed by atoms with Crippen molar-refractivity contribution in [1.29, 1.82) is 0 Å². The van der Waals surface area contributed by atoms with E-state index in [4.69, 9.17) is 4.52 Å². The molecule has 4 heteroatoms. The molecular formula is C12H10N2O2. The Morgan fingerprint density at radius 2 is 2.25 bits per heavy atom. The highest BCUT2D eigenvalue weighted by atomic mass is 16.5. The summed E-state index contributed by atoms with van der Waals surface area (Å²) in [5, 5.41) is 3.82. The second-order valence-corrected chi connectivity index (χ2v) is 3.46. The lowest BCUT2D eigenvalue weighted by Gasteiger charge is -2.01. The summed E-state index contributed by atoms with van der Waals surface area (Å²) < 4.78 is 4.84. The fourth-order valence-corrected chi connectivity index (χ4v) is 1.49. The van der Waals surface area contributed by atoms with Crippen LogP contribution in [0.1, 0.15) is 16.8 Å². The van der Waals surface area contributed by atoms with Crippen molar-refractivity contribution in [2.24, 2.45) is 4.99 Å².